The number of hydrogen-bond acceptors (Lipinski definition) is 6. The molecule has 3 aromatic carbocycles. The van der Waals surface area contributed by atoms with Crippen molar-refractivity contribution in [1.29, 1.82) is 0 Å². The molecule has 8 heteroatoms. The lowest BCUT2D eigenvalue weighted by Gasteiger charge is -2.10. The summed E-state index contributed by atoms with van der Waals surface area (Å²) in [4.78, 5) is 21.7. The number of halogens is 1. The summed E-state index contributed by atoms with van der Waals surface area (Å²) in [5, 5.41) is 7.23. The van der Waals surface area contributed by atoms with Gasteiger partial charge in [0, 0.05) is 33.4 Å². The van der Waals surface area contributed by atoms with Crippen LogP contribution in [0.3, 0.4) is 0 Å². The SMILES string of the molecule is COc1ccc(C(=O)Nc2ccc(-c3oc4ncnc(NCC(C)C)c4c3-c3ccc(Br)cc3)cc2)cc1. The Kier molecular flexibility index (Phi) is 7.42. The minimum atomic E-state index is -0.198. The quantitative estimate of drug-likeness (QED) is 0.199. The fraction of sp³-hybridized carbons (Fsp3) is 0.167. The molecule has 0 fully saturated rings. The summed E-state index contributed by atoms with van der Waals surface area (Å²) in [6.07, 6.45) is 1.52. The Labute approximate surface area is 229 Å². The van der Waals surface area contributed by atoms with Gasteiger partial charge in [-0.2, -0.15) is 0 Å². The van der Waals surface area contributed by atoms with Crippen LogP contribution in [-0.4, -0.2) is 29.5 Å². The first-order chi connectivity index (χ1) is 18.4. The average Bonchev–Trinajstić information content (AvgIpc) is 3.33. The smallest absolute Gasteiger partial charge is 0.255 e. The summed E-state index contributed by atoms with van der Waals surface area (Å²) in [7, 11) is 1.59. The third-order valence-corrected chi connectivity index (χ3v) is 6.58. The number of anilines is 2. The summed E-state index contributed by atoms with van der Waals surface area (Å²) in [6.45, 7) is 5.07. The van der Waals surface area contributed by atoms with E-state index in [0.717, 1.165) is 38.9 Å². The van der Waals surface area contributed by atoms with Crippen LogP contribution < -0.4 is 15.4 Å². The number of hydrogen-bond donors (Lipinski definition) is 2. The van der Waals surface area contributed by atoms with Gasteiger partial charge in [0.15, 0.2) is 0 Å². The van der Waals surface area contributed by atoms with Crippen LogP contribution in [0, 0.1) is 5.92 Å². The van der Waals surface area contributed by atoms with Crippen LogP contribution in [0.4, 0.5) is 11.5 Å². The molecule has 2 heterocycles. The summed E-state index contributed by atoms with van der Waals surface area (Å²) in [5.74, 6) is 2.37. The Balaban J connectivity index is 1.51. The molecule has 0 saturated heterocycles. The molecule has 0 aliphatic carbocycles. The predicted molar refractivity (Wildman–Crippen MR) is 155 cm³/mol. The molecular weight excluding hydrogens is 544 g/mol. The Morgan fingerprint density at radius 2 is 1.63 bits per heavy atom. The molecule has 192 valence electrons. The maximum atomic E-state index is 12.7. The summed E-state index contributed by atoms with van der Waals surface area (Å²) in [6, 6.07) is 22.6. The summed E-state index contributed by atoms with van der Waals surface area (Å²) < 4.78 is 12.5. The van der Waals surface area contributed by atoms with E-state index in [4.69, 9.17) is 9.15 Å². The van der Waals surface area contributed by atoms with Crippen molar-refractivity contribution in [2.75, 3.05) is 24.3 Å². The van der Waals surface area contributed by atoms with E-state index in [2.05, 4.69) is 50.4 Å². The van der Waals surface area contributed by atoms with Gasteiger partial charge in [-0.05, 0) is 72.1 Å². The highest BCUT2D eigenvalue weighted by molar-refractivity contribution is 9.10. The predicted octanol–water partition coefficient (Wildman–Crippen LogP) is 7.65. The van der Waals surface area contributed by atoms with Crippen LogP contribution in [0.2, 0.25) is 0 Å². The number of nitrogens with one attached hydrogen (secondary N) is 2. The van der Waals surface area contributed by atoms with Gasteiger partial charge in [-0.15, -0.1) is 0 Å². The van der Waals surface area contributed by atoms with Crippen molar-refractivity contribution in [3.05, 3.63) is 89.2 Å². The van der Waals surface area contributed by atoms with Gasteiger partial charge in [0.1, 0.15) is 23.7 Å². The van der Waals surface area contributed by atoms with Gasteiger partial charge >= 0.3 is 0 Å². The molecule has 5 rings (SSSR count). The van der Waals surface area contributed by atoms with Gasteiger partial charge in [0.2, 0.25) is 5.71 Å². The molecular formula is C30H27BrN4O3. The van der Waals surface area contributed by atoms with E-state index in [1.165, 1.54) is 6.33 Å². The van der Waals surface area contributed by atoms with Crippen molar-refractivity contribution in [3.63, 3.8) is 0 Å². The van der Waals surface area contributed by atoms with Crippen molar-refractivity contribution < 1.29 is 13.9 Å². The van der Waals surface area contributed by atoms with E-state index in [-0.39, 0.29) is 5.91 Å². The first kappa shape index (κ1) is 25.5. The third kappa shape index (κ3) is 5.40. The highest BCUT2D eigenvalue weighted by Gasteiger charge is 2.22. The molecule has 5 aromatic rings. The molecule has 0 saturated carbocycles. The average molecular weight is 571 g/mol. The number of fused-ring (bicyclic) bond motifs is 1. The number of benzene rings is 3. The summed E-state index contributed by atoms with van der Waals surface area (Å²) >= 11 is 3.53. The van der Waals surface area contributed by atoms with Gasteiger partial charge in [-0.25, -0.2) is 9.97 Å². The number of aromatic nitrogens is 2. The second-order valence-corrected chi connectivity index (χ2v) is 10.2. The molecule has 0 atom stereocenters. The zero-order valence-corrected chi connectivity index (χ0v) is 22.9. The molecule has 0 spiro atoms. The number of carbonyl (C=O) groups is 1. The second kappa shape index (κ2) is 11.1. The lowest BCUT2D eigenvalue weighted by Crippen LogP contribution is -2.11. The molecule has 1 amide bonds. The molecule has 0 aliphatic heterocycles. The van der Waals surface area contributed by atoms with Gasteiger partial charge in [-0.3, -0.25) is 4.79 Å². The molecule has 38 heavy (non-hydrogen) atoms. The number of amides is 1. The van der Waals surface area contributed by atoms with Crippen LogP contribution >= 0.6 is 15.9 Å². The van der Waals surface area contributed by atoms with Crippen molar-refractivity contribution >= 4 is 44.4 Å². The van der Waals surface area contributed by atoms with Crippen molar-refractivity contribution in [1.82, 2.24) is 9.97 Å². The van der Waals surface area contributed by atoms with Crippen molar-refractivity contribution in [3.8, 4) is 28.2 Å². The number of nitrogens with zero attached hydrogens (tertiary/aromatic N) is 2. The van der Waals surface area contributed by atoms with E-state index in [1.54, 1.807) is 31.4 Å². The first-order valence-electron chi connectivity index (χ1n) is 12.3. The molecule has 0 unspecified atom stereocenters. The van der Waals surface area contributed by atoms with Crippen LogP contribution in [0.25, 0.3) is 33.6 Å². The molecule has 2 N–H and O–H groups in total. The van der Waals surface area contributed by atoms with E-state index in [9.17, 15) is 4.79 Å². The van der Waals surface area contributed by atoms with Gasteiger partial charge < -0.3 is 19.8 Å². The monoisotopic (exact) mass is 570 g/mol. The molecule has 0 aliphatic rings. The van der Waals surface area contributed by atoms with E-state index in [0.29, 0.717) is 34.4 Å². The fourth-order valence-corrected chi connectivity index (χ4v) is 4.38. The number of rotatable bonds is 8. The Morgan fingerprint density at radius 3 is 2.29 bits per heavy atom. The van der Waals surface area contributed by atoms with Gasteiger partial charge in [-0.1, -0.05) is 41.9 Å². The maximum absolute atomic E-state index is 12.7. The van der Waals surface area contributed by atoms with E-state index < -0.39 is 0 Å². The van der Waals surface area contributed by atoms with Crippen LogP contribution in [0.5, 0.6) is 5.75 Å². The van der Waals surface area contributed by atoms with E-state index in [1.807, 2.05) is 48.5 Å². The molecule has 0 radical (unpaired) electrons. The Hall–Kier alpha value is -4.17. The fourth-order valence-electron chi connectivity index (χ4n) is 4.11. The van der Waals surface area contributed by atoms with Gasteiger partial charge in [0.05, 0.1) is 12.5 Å². The lowest BCUT2D eigenvalue weighted by molar-refractivity contribution is 0.102. The standard InChI is InChI=1S/C30H27BrN4O3/c1-18(2)16-32-28-26-25(19-4-10-22(31)11-5-19)27(38-30(26)34-17-33-28)20-6-12-23(13-7-20)35-29(36)21-8-14-24(37-3)15-9-21/h4-15,17-18H,16H2,1-3H3,(H,35,36)(H,32,33,34). The largest absolute Gasteiger partial charge is 0.497 e. The number of furan rings is 1. The molecule has 7 nitrogen and oxygen atoms in total. The normalized spacial score (nSPS) is 11.1. The minimum Gasteiger partial charge on any atom is -0.497 e. The second-order valence-electron chi connectivity index (χ2n) is 9.25. The van der Waals surface area contributed by atoms with Crippen molar-refractivity contribution in [2.45, 2.75) is 13.8 Å². The summed E-state index contributed by atoms with van der Waals surface area (Å²) in [5.41, 5.74) is 4.49. The number of carbonyl (C=O) groups excluding carboxylic acids is 1. The first-order valence-corrected chi connectivity index (χ1v) is 13.1. The van der Waals surface area contributed by atoms with Crippen LogP contribution in [-0.2, 0) is 0 Å². The topological polar surface area (TPSA) is 89.3 Å². The number of methoxy groups -OCH3 is 1. The van der Waals surface area contributed by atoms with Crippen molar-refractivity contribution in [2.24, 2.45) is 5.92 Å². The molecule has 2 aromatic heterocycles. The minimum absolute atomic E-state index is 0.198. The van der Waals surface area contributed by atoms with Crippen LogP contribution in [0.15, 0.2) is 88.0 Å². The van der Waals surface area contributed by atoms with Crippen LogP contribution in [0.1, 0.15) is 24.2 Å². The Morgan fingerprint density at radius 1 is 0.947 bits per heavy atom. The van der Waals surface area contributed by atoms with E-state index >= 15 is 0 Å². The highest BCUT2D eigenvalue weighted by atomic mass is 79.9. The zero-order valence-electron chi connectivity index (χ0n) is 21.3. The number of ether oxygens (including phenoxy) is 1. The molecule has 0 bridgehead atoms. The maximum Gasteiger partial charge on any atom is 0.255 e. The zero-order chi connectivity index (χ0) is 26.6. The lowest BCUT2D eigenvalue weighted by atomic mass is 9.99. The highest BCUT2D eigenvalue weighted by Crippen LogP contribution is 2.43. The third-order valence-electron chi connectivity index (χ3n) is 6.06. The Bertz CT molecular complexity index is 1560. The van der Waals surface area contributed by atoms with Gasteiger partial charge in [0.25, 0.3) is 5.91 Å².